The molecule has 2 nitrogen and oxygen atoms in total. The summed E-state index contributed by atoms with van der Waals surface area (Å²) < 4.78 is 0. The first-order valence-corrected chi connectivity index (χ1v) is 5.05. The summed E-state index contributed by atoms with van der Waals surface area (Å²) in [4.78, 5) is 0. The molecule has 78 valence electrons. The van der Waals surface area contributed by atoms with Gasteiger partial charge in [-0.15, -0.1) is 6.58 Å². The second kappa shape index (κ2) is 6.17. The molecule has 0 saturated heterocycles. The molecule has 0 aliphatic carbocycles. The Bertz CT molecular complexity index is 143. The average Bonchev–Trinajstić information content (AvgIpc) is 2.00. The Morgan fingerprint density at radius 2 is 2.15 bits per heavy atom. The zero-order chi connectivity index (χ0) is 10.3. The zero-order valence-corrected chi connectivity index (χ0v) is 8.79. The summed E-state index contributed by atoms with van der Waals surface area (Å²) in [7, 11) is 0. The summed E-state index contributed by atoms with van der Waals surface area (Å²) in [6, 6.07) is 0. The average molecular weight is 186 g/mol. The number of aliphatic hydroxyl groups is 2. The van der Waals surface area contributed by atoms with Crippen LogP contribution >= 0.6 is 0 Å². The minimum Gasteiger partial charge on any atom is -0.393 e. The number of rotatable bonds is 7. The van der Waals surface area contributed by atoms with Gasteiger partial charge in [-0.05, 0) is 19.8 Å². The molecule has 0 bridgehead atoms. The van der Waals surface area contributed by atoms with Crippen LogP contribution in [0.25, 0.3) is 0 Å². The van der Waals surface area contributed by atoms with E-state index in [0.29, 0.717) is 12.8 Å². The zero-order valence-electron chi connectivity index (χ0n) is 8.79. The fraction of sp³-hybridized carbons (Fsp3) is 0.818. The minimum atomic E-state index is -0.744. The molecule has 0 aromatic heterocycles. The lowest BCUT2D eigenvalue weighted by Gasteiger charge is -2.28. The molecule has 0 heterocycles. The van der Waals surface area contributed by atoms with Crippen LogP contribution in [0.5, 0.6) is 0 Å². The van der Waals surface area contributed by atoms with E-state index in [-0.39, 0.29) is 0 Å². The topological polar surface area (TPSA) is 40.5 Å². The van der Waals surface area contributed by atoms with Crippen LogP contribution in [0.15, 0.2) is 12.7 Å². The van der Waals surface area contributed by atoms with Crippen molar-refractivity contribution in [1.82, 2.24) is 0 Å². The van der Waals surface area contributed by atoms with E-state index in [1.54, 1.807) is 13.0 Å². The molecule has 0 spiro atoms. The van der Waals surface area contributed by atoms with Gasteiger partial charge in [-0.1, -0.05) is 25.8 Å². The van der Waals surface area contributed by atoms with Crippen LogP contribution in [0.2, 0.25) is 0 Å². The molecule has 2 N–H and O–H groups in total. The van der Waals surface area contributed by atoms with Gasteiger partial charge in [0.1, 0.15) is 0 Å². The SMILES string of the molecule is C=CCC(O)(CCCC)CC(C)O. The number of hydrogen-bond donors (Lipinski definition) is 2. The van der Waals surface area contributed by atoms with Crippen molar-refractivity contribution in [3.05, 3.63) is 12.7 Å². The Morgan fingerprint density at radius 3 is 2.54 bits per heavy atom. The van der Waals surface area contributed by atoms with E-state index in [9.17, 15) is 10.2 Å². The summed E-state index contributed by atoms with van der Waals surface area (Å²) in [5.74, 6) is 0. The lowest BCUT2D eigenvalue weighted by atomic mass is 9.88. The predicted molar refractivity (Wildman–Crippen MR) is 55.6 cm³/mol. The van der Waals surface area contributed by atoms with Crippen molar-refractivity contribution in [2.24, 2.45) is 0 Å². The van der Waals surface area contributed by atoms with Crippen molar-refractivity contribution in [2.75, 3.05) is 0 Å². The van der Waals surface area contributed by atoms with Gasteiger partial charge in [0, 0.05) is 6.42 Å². The van der Waals surface area contributed by atoms with Gasteiger partial charge in [0.25, 0.3) is 0 Å². The third-order valence-corrected chi connectivity index (χ3v) is 2.20. The molecular weight excluding hydrogens is 164 g/mol. The Morgan fingerprint density at radius 1 is 1.54 bits per heavy atom. The highest BCUT2D eigenvalue weighted by atomic mass is 16.3. The van der Waals surface area contributed by atoms with Gasteiger partial charge in [-0.2, -0.15) is 0 Å². The molecule has 0 aliphatic heterocycles. The van der Waals surface area contributed by atoms with E-state index in [4.69, 9.17) is 0 Å². The van der Waals surface area contributed by atoms with Gasteiger partial charge in [-0.25, -0.2) is 0 Å². The standard InChI is InChI=1S/C11H22O2/c1-4-6-8-11(13,7-5-2)9-10(3)12/h5,10,12-13H,2,4,6-9H2,1,3H3. The van der Waals surface area contributed by atoms with Gasteiger partial charge < -0.3 is 10.2 Å². The van der Waals surface area contributed by atoms with Gasteiger partial charge in [-0.3, -0.25) is 0 Å². The fourth-order valence-corrected chi connectivity index (χ4v) is 1.61. The first-order valence-electron chi connectivity index (χ1n) is 5.05. The van der Waals surface area contributed by atoms with Gasteiger partial charge in [0.15, 0.2) is 0 Å². The van der Waals surface area contributed by atoms with Crippen molar-refractivity contribution in [3.63, 3.8) is 0 Å². The summed E-state index contributed by atoms with van der Waals surface area (Å²) in [5.41, 5.74) is -0.744. The highest BCUT2D eigenvalue weighted by Crippen LogP contribution is 2.24. The fourth-order valence-electron chi connectivity index (χ4n) is 1.61. The maximum absolute atomic E-state index is 10.1. The third kappa shape index (κ3) is 5.83. The third-order valence-electron chi connectivity index (χ3n) is 2.20. The lowest BCUT2D eigenvalue weighted by molar-refractivity contribution is -0.0118. The summed E-state index contributed by atoms with van der Waals surface area (Å²) >= 11 is 0. The second-order valence-electron chi connectivity index (χ2n) is 3.87. The summed E-state index contributed by atoms with van der Waals surface area (Å²) in [6.45, 7) is 7.42. The highest BCUT2D eigenvalue weighted by Gasteiger charge is 2.26. The first kappa shape index (κ1) is 12.7. The van der Waals surface area contributed by atoms with Gasteiger partial charge in [0.2, 0.25) is 0 Å². The van der Waals surface area contributed by atoms with Crippen LogP contribution < -0.4 is 0 Å². The van der Waals surface area contributed by atoms with Crippen molar-refractivity contribution < 1.29 is 10.2 Å². The van der Waals surface area contributed by atoms with E-state index in [0.717, 1.165) is 19.3 Å². The Hall–Kier alpha value is -0.340. The van der Waals surface area contributed by atoms with Crippen LogP contribution in [0, 0.1) is 0 Å². The number of aliphatic hydroxyl groups excluding tert-OH is 1. The molecule has 2 heteroatoms. The molecule has 0 aliphatic rings. The lowest BCUT2D eigenvalue weighted by Crippen LogP contribution is -2.32. The number of hydrogen-bond acceptors (Lipinski definition) is 2. The molecule has 0 amide bonds. The molecule has 0 saturated carbocycles. The molecule has 2 atom stereocenters. The van der Waals surface area contributed by atoms with Crippen molar-refractivity contribution >= 4 is 0 Å². The normalized spacial score (nSPS) is 17.8. The van der Waals surface area contributed by atoms with Crippen LogP contribution in [0.1, 0.15) is 46.0 Å². The van der Waals surface area contributed by atoms with E-state index in [1.165, 1.54) is 0 Å². The molecular formula is C11H22O2. The first-order chi connectivity index (χ1) is 6.04. The van der Waals surface area contributed by atoms with E-state index in [2.05, 4.69) is 13.5 Å². The quantitative estimate of drug-likeness (QED) is 0.599. The maximum Gasteiger partial charge on any atom is 0.0706 e. The van der Waals surface area contributed by atoms with Crippen LogP contribution in [0.3, 0.4) is 0 Å². The molecule has 0 aromatic rings. The molecule has 0 fully saturated rings. The minimum absolute atomic E-state index is 0.443. The van der Waals surface area contributed by atoms with E-state index < -0.39 is 11.7 Å². The smallest absolute Gasteiger partial charge is 0.0706 e. The van der Waals surface area contributed by atoms with Crippen LogP contribution in [0.4, 0.5) is 0 Å². The largest absolute Gasteiger partial charge is 0.393 e. The van der Waals surface area contributed by atoms with Gasteiger partial charge in [0.05, 0.1) is 11.7 Å². The molecule has 13 heavy (non-hydrogen) atoms. The van der Waals surface area contributed by atoms with Crippen molar-refractivity contribution in [2.45, 2.75) is 57.7 Å². The predicted octanol–water partition coefficient (Wildman–Crippen LogP) is 2.25. The van der Waals surface area contributed by atoms with Crippen LogP contribution in [-0.2, 0) is 0 Å². The monoisotopic (exact) mass is 186 g/mol. The van der Waals surface area contributed by atoms with Gasteiger partial charge >= 0.3 is 0 Å². The summed E-state index contributed by atoms with van der Waals surface area (Å²) in [6.07, 6.45) is 5.10. The van der Waals surface area contributed by atoms with Crippen molar-refractivity contribution in [3.8, 4) is 0 Å². The highest BCUT2D eigenvalue weighted by molar-refractivity contribution is 4.87. The van der Waals surface area contributed by atoms with E-state index >= 15 is 0 Å². The Kier molecular flexibility index (Phi) is 6.00. The second-order valence-corrected chi connectivity index (χ2v) is 3.87. The molecule has 0 aromatic carbocycles. The summed E-state index contributed by atoms with van der Waals surface area (Å²) in [5, 5.41) is 19.3. The maximum atomic E-state index is 10.1. The van der Waals surface area contributed by atoms with E-state index in [1.807, 2.05) is 0 Å². The number of unbranched alkanes of at least 4 members (excludes halogenated alkanes) is 1. The Balaban J connectivity index is 4.06. The molecule has 0 rings (SSSR count). The molecule has 0 radical (unpaired) electrons. The van der Waals surface area contributed by atoms with Crippen molar-refractivity contribution in [1.29, 1.82) is 0 Å². The Labute approximate surface area is 81.3 Å². The van der Waals surface area contributed by atoms with Crippen LogP contribution in [-0.4, -0.2) is 21.9 Å². The molecule has 2 unspecified atom stereocenters.